The van der Waals surface area contributed by atoms with Crippen LogP contribution in [-0.4, -0.2) is 41.1 Å². The number of ether oxygens (including phenoxy) is 1. The fraction of sp³-hybridized carbons (Fsp3) is 0.650. The number of nitrogens with one attached hydrogen (secondary N) is 2. The van der Waals surface area contributed by atoms with Gasteiger partial charge < -0.3 is 20.5 Å². The Labute approximate surface area is 166 Å². The average molecular weight is 404 g/mol. The third kappa shape index (κ3) is 3.03. The second-order valence-corrected chi connectivity index (χ2v) is 9.44. The SMILES string of the molecule is O=C(NC1CC1)c1c(NC(=O)[C@@H]2[C@H](C(=O)O)[C@@H]3CC[C@H]2O3)sc2c1CCCC2. The van der Waals surface area contributed by atoms with E-state index in [0.29, 0.717) is 23.4 Å². The topological polar surface area (TPSA) is 105 Å². The second-order valence-electron chi connectivity index (χ2n) is 8.33. The Balaban J connectivity index is 1.43. The van der Waals surface area contributed by atoms with Gasteiger partial charge in [0.25, 0.3) is 5.91 Å². The number of hydrogen-bond donors (Lipinski definition) is 3. The molecule has 3 heterocycles. The lowest BCUT2D eigenvalue weighted by Crippen LogP contribution is -2.41. The second kappa shape index (κ2) is 6.84. The van der Waals surface area contributed by atoms with E-state index < -0.39 is 17.8 Å². The minimum atomic E-state index is -0.982. The van der Waals surface area contributed by atoms with Crippen molar-refractivity contribution < 1.29 is 24.2 Å². The first kappa shape index (κ1) is 18.1. The predicted octanol–water partition coefficient (Wildman–Crippen LogP) is 2.34. The Morgan fingerprint density at radius 2 is 1.71 bits per heavy atom. The third-order valence-electron chi connectivity index (χ3n) is 6.41. The number of hydrogen-bond acceptors (Lipinski definition) is 5. The molecule has 1 saturated carbocycles. The predicted molar refractivity (Wildman–Crippen MR) is 103 cm³/mol. The van der Waals surface area contributed by atoms with Crippen LogP contribution in [0.2, 0.25) is 0 Å². The quantitative estimate of drug-likeness (QED) is 0.699. The molecule has 3 fully saturated rings. The molecule has 0 spiro atoms. The average Bonchev–Trinajstić information content (AvgIpc) is 3.10. The molecule has 2 aliphatic carbocycles. The highest BCUT2D eigenvalue weighted by Crippen LogP contribution is 2.45. The molecule has 2 saturated heterocycles. The molecule has 3 N–H and O–H groups in total. The number of carboxylic acids is 1. The Kier molecular flexibility index (Phi) is 4.43. The number of amides is 2. The number of carbonyl (C=O) groups excluding carboxylic acids is 2. The molecule has 4 aliphatic rings. The van der Waals surface area contributed by atoms with Crippen LogP contribution in [0.1, 0.15) is 59.3 Å². The summed E-state index contributed by atoms with van der Waals surface area (Å²) in [6.45, 7) is 0. The lowest BCUT2D eigenvalue weighted by atomic mass is 9.78. The summed E-state index contributed by atoms with van der Waals surface area (Å²) < 4.78 is 5.72. The molecule has 0 unspecified atom stereocenters. The maximum atomic E-state index is 13.1. The van der Waals surface area contributed by atoms with Crippen LogP contribution in [0.15, 0.2) is 0 Å². The van der Waals surface area contributed by atoms with Crippen LogP contribution in [0.5, 0.6) is 0 Å². The van der Waals surface area contributed by atoms with Crippen LogP contribution in [0.3, 0.4) is 0 Å². The van der Waals surface area contributed by atoms with Crippen molar-refractivity contribution in [2.75, 3.05) is 5.32 Å². The van der Waals surface area contributed by atoms with Gasteiger partial charge in [0.15, 0.2) is 0 Å². The summed E-state index contributed by atoms with van der Waals surface area (Å²) >= 11 is 1.47. The highest BCUT2D eigenvalue weighted by molar-refractivity contribution is 7.17. The van der Waals surface area contributed by atoms with Crippen molar-refractivity contribution in [1.82, 2.24) is 5.32 Å². The van der Waals surface area contributed by atoms with Gasteiger partial charge in [0.2, 0.25) is 5.91 Å². The molecule has 2 bridgehead atoms. The first-order valence-electron chi connectivity index (χ1n) is 10.2. The highest BCUT2D eigenvalue weighted by Gasteiger charge is 2.55. The number of rotatable bonds is 5. The van der Waals surface area contributed by atoms with Crippen molar-refractivity contribution in [3.63, 3.8) is 0 Å². The van der Waals surface area contributed by atoms with Gasteiger partial charge in [-0.1, -0.05) is 0 Å². The zero-order valence-electron chi connectivity index (χ0n) is 15.5. The van der Waals surface area contributed by atoms with E-state index in [1.807, 2.05) is 0 Å². The van der Waals surface area contributed by atoms with Crippen molar-refractivity contribution in [3.8, 4) is 0 Å². The maximum absolute atomic E-state index is 13.1. The summed E-state index contributed by atoms with van der Waals surface area (Å²) in [5.41, 5.74) is 1.65. The molecule has 5 rings (SSSR count). The van der Waals surface area contributed by atoms with Crippen molar-refractivity contribution in [2.24, 2.45) is 11.8 Å². The maximum Gasteiger partial charge on any atom is 0.310 e. The number of thiophene rings is 1. The molecule has 1 aromatic rings. The summed E-state index contributed by atoms with van der Waals surface area (Å²) in [7, 11) is 0. The molecule has 150 valence electrons. The number of fused-ring (bicyclic) bond motifs is 3. The first-order valence-corrected chi connectivity index (χ1v) is 11.0. The molecule has 4 atom stereocenters. The van der Waals surface area contributed by atoms with Crippen molar-refractivity contribution in [3.05, 3.63) is 16.0 Å². The minimum Gasteiger partial charge on any atom is -0.481 e. The fourth-order valence-corrected chi connectivity index (χ4v) is 6.19. The Bertz CT molecular complexity index is 846. The number of carboxylic acid groups (broad SMARTS) is 1. The van der Waals surface area contributed by atoms with Gasteiger partial charge in [-0.3, -0.25) is 14.4 Å². The van der Waals surface area contributed by atoms with Crippen LogP contribution < -0.4 is 10.6 Å². The fourth-order valence-electron chi connectivity index (χ4n) is 4.90. The third-order valence-corrected chi connectivity index (χ3v) is 7.62. The van der Waals surface area contributed by atoms with Gasteiger partial charge in [-0.05, 0) is 56.9 Å². The largest absolute Gasteiger partial charge is 0.481 e. The Morgan fingerprint density at radius 3 is 2.43 bits per heavy atom. The van der Waals surface area contributed by atoms with Crippen molar-refractivity contribution in [2.45, 2.75) is 69.6 Å². The van der Waals surface area contributed by atoms with Gasteiger partial charge in [0.05, 0.1) is 29.6 Å². The lowest BCUT2D eigenvalue weighted by Gasteiger charge is -2.23. The Hall–Kier alpha value is -1.93. The van der Waals surface area contributed by atoms with Crippen molar-refractivity contribution in [1.29, 1.82) is 0 Å². The number of carbonyl (C=O) groups is 3. The highest BCUT2D eigenvalue weighted by atomic mass is 32.1. The molecule has 0 aromatic carbocycles. The smallest absolute Gasteiger partial charge is 0.310 e. The van der Waals surface area contributed by atoms with E-state index in [1.165, 1.54) is 16.2 Å². The summed E-state index contributed by atoms with van der Waals surface area (Å²) in [5, 5.41) is 16.1. The van der Waals surface area contributed by atoms with Gasteiger partial charge in [0, 0.05) is 10.9 Å². The summed E-state index contributed by atoms with van der Waals surface area (Å²) in [4.78, 5) is 38.8. The van der Waals surface area contributed by atoms with Crippen LogP contribution in [0.25, 0.3) is 0 Å². The molecule has 2 aliphatic heterocycles. The molecule has 1 aromatic heterocycles. The van der Waals surface area contributed by atoms with Gasteiger partial charge in [-0.25, -0.2) is 0 Å². The zero-order chi connectivity index (χ0) is 19.4. The van der Waals surface area contributed by atoms with Crippen LogP contribution in [-0.2, 0) is 27.2 Å². The van der Waals surface area contributed by atoms with Crippen molar-refractivity contribution >= 4 is 34.1 Å². The summed E-state index contributed by atoms with van der Waals surface area (Å²) in [5.74, 6) is -2.94. The van der Waals surface area contributed by atoms with E-state index in [2.05, 4.69) is 10.6 Å². The lowest BCUT2D eigenvalue weighted by molar-refractivity contribution is -0.147. The molecule has 7 nitrogen and oxygen atoms in total. The molecule has 2 amide bonds. The molecular weight excluding hydrogens is 380 g/mol. The standard InChI is InChI=1S/C20H24N2O5S/c23-17(21-9-5-6-9)14-10-3-1-2-4-13(10)28-19(14)22-18(24)15-11-7-8-12(27-11)16(15)20(25)26/h9,11-12,15-16H,1-8H2,(H,21,23)(H,22,24)(H,25,26)/t11-,12+,15+,16-/m1/s1. The number of aliphatic carboxylic acids is 1. The number of aryl methyl sites for hydroxylation is 1. The monoisotopic (exact) mass is 404 g/mol. The summed E-state index contributed by atoms with van der Waals surface area (Å²) in [6, 6.07) is 0.241. The summed E-state index contributed by atoms with van der Waals surface area (Å²) in [6.07, 6.45) is 6.59. The van der Waals surface area contributed by atoms with E-state index >= 15 is 0 Å². The van der Waals surface area contributed by atoms with E-state index in [9.17, 15) is 19.5 Å². The van der Waals surface area contributed by atoms with Crippen LogP contribution >= 0.6 is 11.3 Å². The van der Waals surface area contributed by atoms with E-state index in [1.54, 1.807) is 0 Å². The minimum absolute atomic E-state index is 0.115. The molecular formula is C20H24N2O5S. The molecule has 0 radical (unpaired) electrons. The van der Waals surface area contributed by atoms with Gasteiger partial charge in [-0.15, -0.1) is 11.3 Å². The van der Waals surface area contributed by atoms with Gasteiger partial charge in [-0.2, -0.15) is 0 Å². The zero-order valence-corrected chi connectivity index (χ0v) is 16.3. The van der Waals surface area contributed by atoms with E-state index in [4.69, 9.17) is 4.74 Å². The van der Waals surface area contributed by atoms with E-state index in [0.717, 1.165) is 44.1 Å². The normalized spacial score (nSPS) is 30.7. The van der Waals surface area contributed by atoms with E-state index in [-0.39, 0.29) is 30.1 Å². The number of anilines is 1. The molecule has 8 heteroatoms. The van der Waals surface area contributed by atoms with Gasteiger partial charge >= 0.3 is 5.97 Å². The van der Waals surface area contributed by atoms with Crippen LogP contribution in [0, 0.1) is 11.8 Å². The molecule has 28 heavy (non-hydrogen) atoms. The van der Waals surface area contributed by atoms with Gasteiger partial charge in [0.1, 0.15) is 5.00 Å². The Morgan fingerprint density at radius 1 is 1.00 bits per heavy atom. The first-order chi connectivity index (χ1) is 13.5. The van der Waals surface area contributed by atoms with Crippen LogP contribution in [0.4, 0.5) is 5.00 Å².